The van der Waals surface area contributed by atoms with Crippen molar-refractivity contribution in [2.45, 2.75) is 24.9 Å². The van der Waals surface area contributed by atoms with E-state index < -0.39 is 23.1 Å². The van der Waals surface area contributed by atoms with Gasteiger partial charge in [-0.25, -0.2) is 9.97 Å². The molecule has 1 fully saturated rings. The fraction of sp³-hybridized carbons (Fsp3) is 0.273. The van der Waals surface area contributed by atoms with Crippen LogP contribution in [0.3, 0.4) is 0 Å². The number of benzene rings is 1. The molecule has 1 saturated heterocycles. The van der Waals surface area contributed by atoms with Crippen LogP contribution in [0.4, 0.5) is 24.8 Å². The van der Waals surface area contributed by atoms with Crippen LogP contribution in [0.25, 0.3) is 0 Å². The predicted molar refractivity (Wildman–Crippen MR) is 107 cm³/mol. The number of nitrogens with zero attached hydrogens (tertiary/aromatic N) is 3. The van der Waals surface area contributed by atoms with E-state index in [1.165, 1.54) is 18.0 Å². The summed E-state index contributed by atoms with van der Waals surface area (Å²) in [5.74, 6) is -0.0950. The van der Waals surface area contributed by atoms with E-state index in [-0.39, 0.29) is 11.5 Å². The first-order valence-electron chi connectivity index (χ1n) is 9.74. The van der Waals surface area contributed by atoms with Gasteiger partial charge in [0.15, 0.2) is 5.78 Å². The van der Waals surface area contributed by atoms with Crippen LogP contribution < -0.4 is 5.32 Å². The molecule has 6 nitrogen and oxygen atoms in total. The molecular formula is C22H19F3N4O2. The fourth-order valence-corrected chi connectivity index (χ4v) is 3.48. The first-order valence-corrected chi connectivity index (χ1v) is 9.74. The zero-order valence-corrected chi connectivity index (χ0v) is 16.4. The second-order valence-electron chi connectivity index (χ2n) is 7.18. The molecule has 160 valence electrons. The summed E-state index contributed by atoms with van der Waals surface area (Å²) in [6, 6.07) is 8.95. The molecule has 3 aromatic rings. The third-order valence-electron chi connectivity index (χ3n) is 5.14. The SMILES string of the molecule is O=C(c1cnc(Nc2ccc(C3CCOCC3)cc2)nc1)c1ccncc1C(F)(F)F. The van der Waals surface area contributed by atoms with E-state index in [4.69, 9.17) is 4.74 Å². The van der Waals surface area contributed by atoms with E-state index in [9.17, 15) is 18.0 Å². The Hall–Kier alpha value is -3.33. The number of ether oxygens (including phenoxy) is 1. The van der Waals surface area contributed by atoms with E-state index in [1.54, 1.807) is 0 Å². The van der Waals surface area contributed by atoms with Crippen LogP contribution in [-0.2, 0) is 10.9 Å². The largest absolute Gasteiger partial charge is 0.418 e. The Bertz CT molecular complexity index is 1050. The van der Waals surface area contributed by atoms with Gasteiger partial charge >= 0.3 is 6.18 Å². The predicted octanol–water partition coefficient (Wildman–Crippen LogP) is 4.76. The summed E-state index contributed by atoms with van der Waals surface area (Å²) < 4.78 is 44.8. The first-order chi connectivity index (χ1) is 14.9. The van der Waals surface area contributed by atoms with Crippen molar-refractivity contribution in [3.05, 3.63) is 77.4 Å². The Morgan fingerprint density at radius 1 is 1.00 bits per heavy atom. The van der Waals surface area contributed by atoms with E-state index in [0.717, 1.165) is 44.0 Å². The molecule has 2 aromatic heterocycles. The van der Waals surface area contributed by atoms with Crippen LogP contribution in [0, 0.1) is 0 Å². The smallest absolute Gasteiger partial charge is 0.381 e. The number of nitrogens with one attached hydrogen (secondary N) is 1. The van der Waals surface area contributed by atoms with Crippen molar-refractivity contribution >= 4 is 17.4 Å². The monoisotopic (exact) mass is 428 g/mol. The van der Waals surface area contributed by atoms with Gasteiger partial charge in [-0.3, -0.25) is 9.78 Å². The summed E-state index contributed by atoms with van der Waals surface area (Å²) >= 11 is 0. The molecular weight excluding hydrogens is 409 g/mol. The molecule has 1 N–H and O–H groups in total. The van der Waals surface area contributed by atoms with Crippen molar-refractivity contribution in [3.8, 4) is 0 Å². The summed E-state index contributed by atoms with van der Waals surface area (Å²) in [6.07, 6.45) is 1.50. The molecule has 31 heavy (non-hydrogen) atoms. The lowest BCUT2D eigenvalue weighted by Gasteiger charge is -2.22. The maximum Gasteiger partial charge on any atom is 0.418 e. The van der Waals surface area contributed by atoms with Gasteiger partial charge < -0.3 is 10.1 Å². The number of rotatable bonds is 5. The third-order valence-corrected chi connectivity index (χ3v) is 5.14. The molecule has 0 amide bonds. The summed E-state index contributed by atoms with van der Waals surface area (Å²) in [5, 5.41) is 3.03. The van der Waals surface area contributed by atoms with Gasteiger partial charge in [-0.15, -0.1) is 0 Å². The maximum absolute atomic E-state index is 13.1. The lowest BCUT2D eigenvalue weighted by molar-refractivity contribution is -0.138. The Morgan fingerprint density at radius 2 is 1.68 bits per heavy atom. The molecule has 3 heterocycles. The minimum Gasteiger partial charge on any atom is -0.381 e. The standard InChI is InChI=1S/C22H19F3N4O2/c23-22(24,25)19-13-26-8-5-18(19)20(30)16-11-27-21(28-12-16)29-17-3-1-14(2-4-17)15-6-9-31-10-7-15/h1-5,8,11-13,15H,6-7,9-10H2,(H,27,28,29). The quantitative estimate of drug-likeness (QED) is 0.591. The van der Waals surface area contributed by atoms with Crippen molar-refractivity contribution in [2.24, 2.45) is 0 Å². The summed E-state index contributed by atoms with van der Waals surface area (Å²) in [4.78, 5) is 24.1. The van der Waals surface area contributed by atoms with Crippen LogP contribution in [-0.4, -0.2) is 33.9 Å². The molecule has 0 radical (unpaired) electrons. The Balaban J connectivity index is 1.46. The van der Waals surface area contributed by atoms with Crippen molar-refractivity contribution in [1.82, 2.24) is 15.0 Å². The molecule has 4 rings (SSSR count). The fourth-order valence-electron chi connectivity index (χ4n) is 3.48. The number of halogens is 3. The van der Waals surface area contributed by atoms with E-state index in [2.05, 4.69) is 20.3 Å². The lowest BCUT2D eigenvalue weighted by Crippen LogP contribution is -2.15. The van der Waals surface area contributed by atoms with Gasteiger partial charge in [0, 0.05) is 49.3 Å². The van der Waals surface area contributed by atoms with E-state index in [0.29, 0.717) is 12.1 Å². The molecule has 1 aliphatic rings. The number of carbonyl (C=O) groups excluding carboxylic acids is 1. The highest BCUT2D eigenvalue weighted by Crippen LogP contribution is 2.32. The van der Waals surface area contributed by atoms with Crippen molar-refractivity contribution in [2.75, 3.05) is 18.5 Å². The molecule has 1 aliphatic heterocycles. The summed E-state index contributed by atoms with van der Waals surface area (Å²) in [6.45, 7) is 1.54. The number of ketones is 1. The number of aromatic nitrogens is 3. The minimum absolute atomic E-state index is 0.0443. The number of hydrogen-bond acceptors (Lipinski definition) is 6. The molecule has 0 spiro atoms. The van der Waals surface area contributed by atoms with Crippen LogP contribution >= 0.6 is 0 Å². The lowest BCUT2D eigenvalue weighted by atomic mass is 9.92. The molecule has 1 aromatic carbocycles. The highest BCUT2D eigenvalue weighted by atomic mass is 19.4. The highest BCUT2D eigenvalue weighted by molar-refractivity contribution is 6.09. The Labute approximate surface area is 176 Å². The zero-order chi connectivity index (χ0) is 21.8. The van der Waals surface area contributed by atoms with E-state index >= 15 is 0 Å². The zero-order valence-electron chi connectivity index (χ0n) is 16.4. The normalized spacial score (nSPS) is 14.9. The minimum atomic E-state index is -4.68. The average molecular weight is 428 g/mol. The van der Waals surface area contributed by atoms with Crippen LogP contribution in [0.1, 0.15) is 45.8 Å². The number of alkyl halides is 3. The van der Waals surface area contributed by atoms with Crippen molar-refractivity contribution < 1.29 is 22.7 Å². The van der Waals surface area contributed by atoms with Gasteiger partial charge in [-0.05, 0) is 42.5 Å². The van der Waals surface area contributed by atoms with Crippen LogP contribution in [0.5, 0.6) is 0 Å². The summed E-state index contributed by atoms with van der Waals surface area (Å²) in [7, 11) is 0. The second kappa shape index (κ2) is 8.81. The van der Waals surface area contributed by atoms with Gasteiger partial charge in [-0.2, -0.15) is 13.2 Å². The first kappa shape index (κ1) is 20.9. The van der Waals surface area contributed by atoms with Gasteiger partial charge in [-0.1, -0.05) is 12.1 Å². The Kier molecular flexibility index (Phi) is 5.94. The number of carbonyl (C=O) groups is 1. The van der Waals surface area contributed by atoms with Crippen LogP contribution in [0.2, 0.25) is 0 Å². The topological polar surface area (TPSA) is 77.0 Å². The molecule has 0 bridgehead atoms. The summed E-state index contributed by atoms with van der Waals surface area (Å²) in [5.41, 5.74) is 0.386. The number of pyridine rings is 1. The maximum atomic E-state index is 13.1. The number of anilines is 2. The molecule has 0 atom stereocenters. The molecule has 0 saturated carbocycles. The average Bonchev–Trinajstić information content (AvgIpc) is 2.80. The van der Waals surface area contributed by atoms with Gasteiger partial charge in [0.2, 0.25) is 5.95 Å². The Morgan fingerprint density at radius 3 is 2.32 bits per heavy atom. The van der Waals surface area contributed by atoms with E-state index in [1.807, 2.05) is 24.3 Å². The van der Waals surface area contributed by atoms with Gasteiger partial charge in [0.25, 0.3) is 0 Å². The van der Waals surface area contributed by atoms with Crippen molar-refractivity contribution in [3.63, 3.8) is 0 Å². The molecule has 0 unspecified atom stereocenters. The number of hydrogen-bond donors (Lipinski definition) is 1. The highest BCUT2D eigenvalue weighted by Gasteiger charge is 2.35. The third kappa shape index (κ3) is 4.88. The van der Waals surface area contributed by atoms with Crippen LogP contribution in [0.15, 0.2) is 55.1 Å². The molecule has 0 aliphatic carbocycles. The molecule has 9 heteroatoms. The van der Waals surface area contributed by atoms with Gasteiger partial charge in [0.1, 0.15) is 0 Å². The second-order valence-corrected chi connectivity index (χ2v) is 7.18. The van der Waals surface area contributed by atoms with Crippen molar-refractivity contribution in [1.29, 1.82) is 0 Å². The van der Waals surface area contributed by atoms with Gasteiger partial charge in [0.05, 0.1) is 11.1 Å².